The molecular formula is C25H18N6. The summed E-state index contributed by atoms with van der Waals surface area (Å²) in [4.78, 5) is 16.3. The second-order valence-corrected chi connectivity index (χ2v) is 7.59. The third kappa shape index (κ3) is 2.88. The number of nitrogens with one attached hydrogen (secondary N) is 2. The summed E-state index contributed by atoms with van der Waals surface area (Å²) in [6.07, 6.45) is 11.1. The lowest BCUT2D eigenvalue weighted by Gasteiger charge is -2.05. The average Bonchev–Trinajstić information content (AvgIpc) is 3.43. The van der Waals surface area contributed by atoms with Crippen LogP contribution in [0.5, 0.6) is 0 Å². The number of aromatic amines is 2. The van der Waals surface area contributed by atoms with Gasteiger partial charge in [0.05, 0.1) is 22.9 Å². The van der Waals surface area contributed by atoms with Gasteiger partial charge in [-0.1, -0.05) is 6.07 Å². The molecule has 0 aliphatic rings. The Kier molecular flexibility index (Phi) is 3.89. The topological polar surface area (TPSA) is 83.1 Å². The van der Waals surface area contributed by atoms with Crippen LogP contribution in [-0.4, -0.2) is 30.1 Å². The van der Waals surface area contributed by atoms with E-state index in [9.17, 15) is 0 Å². The molecule has 0 spiro atoms. The van der Waals surface area contributed by atoms with E-state index < -0.39 is 0 Å². The monoisotopic (exact) mass is 402 g/mol. The van der Waals surface area contributed by atoms with Crippen LogP contribution in [-0.2, 0) is 0 Å². The highest BCUT2D eigenvalue weighted by Crippen LogP contribution is 2.35. The number of rotatable bonds is 3. The van der Waals surface area contributed by atoms with E-state index in [1.54, 1.807) is 12.4 Å². The van der Waals surface area contributed by atoms with Crippen molar-refractivity contribution in [1.82, 2.24) is 30.1 Å². The van der Waals surface area contributed by atoms with E-state index in [0.29, 0.717) is 0 Å². The molecule has 6 heteroatoms. The Morgan fingerprint density at radius 3 is 2.39 bits per heavy atom. The number of hydrogen-bond donors (Lipinski definition) is 2. The first-order chi connectivity index (χ1) is 15.3. The molecule has 5 heterocycles. The third-order valence-corrected chi connectivity index (χ3v) is 5.70. The summed E-state index contributed by atoms with van der Waals surface area (Å²) in [5.74, 6) is 0. The molecular weight excluding hydrogens is 384 g/mol. The highest BCUT2D eigenvalue weighted by Gasteiger charge is 2.15. The van der Waals surface area contributed by atoms with Gasteiger partial charge in [-0.25, -0.2) is 0 Å². The van der Waals surface area contributed by atoms with Gasteiger partial charge in [-0.3, -0.25) is 20.1 Å². The summed E-state index contributed by atoms with van der Waals surface area (Å²) < 4.78 is 0. The Bertz CT molecular complexity index is 1550. The molecule has 6 aromatic rings. The summed E-state index contributed by atoms with van der Waals surface area (Å²) in [7, 11) is 0. The predicted molar refractivity (Wildman–Crippen MR) is 122 cm³/mol. The Balaban J connectivity index is 1.52. The molecule has 0 atom stereocenters. The molecule has 0 amide bonds. The fourth-order valence-corrected chi connectivity index (χ4v) is 4.09. The van der Waals surface area contributed by atoms with Crippen molar-refractivity contribution in [2.45, 2.75) is 6.92 Å². The van der Waals surface area contributed by atoms with Crippen LogP contribution >= 0.6 is 0 Å². The number of hydrogen-bond acceptors (Lipinski definition) is 4. The highest BCUT2D eigenvalue weighted by atomic mass is 15.1. The molecule has 0 aliphatic carbocycles. The standard InChI is InChI=1S/C25H18N6/c1-15-4-7-27-12-20(15)17-2-3-22-19(10-17)25(31-30-22)23-11-18-21(13-28-14-24(18)29-23)16-5-8-26-9-6-16/h2-14,29H,1H3,(H,30,31). The molecule has 0 bridgehead atoms. The summed E-state index contributed by atoms with van der Waals surface area (Å²) in [5, 5.41) is 9.94. The molecule has 0 fully saturated rings. The molecule has 5 aromatic heterocycles. The lowest BCUT2D eigenvalue weighted by Crippen LogP contribution is -1.85. The molecule has 0 unspecified atom stereocenters. The maximum absolute atomic E-state index is 4.62. The SMILES string of the molecule is Cc1ccncc1-c1ccc2[nH]nc(-c3cc4c(-c5ccncc5)cncc4[nH]3)c2c1. The van der Waals surface area contributed by atoms with Crippen LogP contribution in [0.1, 0.15) is 5.56 Å². The van der Waals surface area contributed by atoms with E-state index in [0.717, 1.165) is 55.4 Å². The normalized spacial score (nSPS) is 11.4. The highest BCUT2D eigenvalue weighted by molar-refractivity contribution is 6.01. The number of H-pyrrole nitrogens is 2. The van der Waals surface area contributed by atoms with Crippen molar-refractivity contribution in [2.24, 2.45) is 0 Å². The smallest absolute Gasteiger partial charge is 0.116 e. The minimum absolute atomic E-state index is 0.885. The quantitative estimate of drug-likeness (QED) is 0.407. The Morgan fingerprint density at radius 2 is 1.52 bits per heavy atom. The van der Waals surface area contributed by atoms with Gasteiger partial charge < -0.3 is 4.98 Å². The van der Waals surface area contributed by atoms with E-state index in [2.05, 4.69) is 61.3 Å². The van der Waals surface area contributed by atoms with Gasteiger partial charge in [-0.15, -0.1) is 0 Å². The lowest BCUT2D eigenvalue weighted by atomic mass is 10.0. The number of fused-ring (bicyclic) bond motifs is 2. The molecule has 0 saturated carbocycles. The zero-order valence-electron chi connectivity index (χ0n) is 16.8. The van der Waals surface area contributed by atoms with E-state index >= 15 is 0 Å². The Labute approximate surface area is 178 Å². The van der Waals surface area contributed by atoms with E-state index in [1.165, 1.54) is 5.56 Å². The van der Waals surface area contributed by atoms with Crippen molar-refractivity contribution < 1.29 is 0 Å². The van der Waals surface area contributed by atoms with Crippen molar-refractivity contribution >= 4 is 21.8 Å². The summed E-state index contributed by atoms with van der Waals surface area (Å²) in [5.41, 5.74) is 9.38. The second-order valence-electron chi connectivity index (χ2n) is 7.59. The minimum atomic E-state index is 0.885. The zero-order valence-corrected chi connectivity index (χ0v) is 16.8. The van der Waals surface area contributed by atoms with Gasteiger partial charge >= 0.3 is 0 Å². The van der Waals surface area contributed by atoms with Crippen LogP contribution in [0.2, 0.25) is 0 Å². The van der Waals surface area contributed by atoms with Gasteiger partial charge in [0.1, 0.15) is 5.69 Å². The van der Waals surface area contributed by atoms with Crippen molar-refractivity contribution in [3.8, 4) is 33.6 Å². The number of aromatic nitrogens is 6. The molecule has 2 N–H and O–H groups in total. The second kappa shape index (κ2) is 6.88. The van der Waals surface area contributed by atoms with E-state index in [1.807, 2.05) is 43.0 Å². The fraction of sp³-hybridized carbons (Fsp3) is 0.0400. The fourth-order valence-electron chi connectivity index (χ4n) is 4.09. The Morgan fingerprint density at radius 1 is 0.677 bits per heavy atom. The van der Waals surface area contributed by atoms with Crippen molar-refractivity contribution in [3.05, 3.63) is 85.2 Å². The average molecular weight is 402 g/mol. The molecule has 0 aliphatic heterocycles. The molecule has 0 saturated heterocycles. The molecule has 148 valence electrons. The zero-order chi connectivity index (χ0) is 20.8. The van der Waals surface area contributed by atoms with Gasteiger partial charge in [-0.2, -0.15) is 5.10 Å². The van der Waals surface area contributed by atoms with Crippen LogP contribution in [0.25, 0.3) is 55.4 Å². The molecule has 1 aromatic carbocycles. The first kappa shape index (κ1) is 17.5. The summed E-state index contributed by atoms with van der Waals surface area (Å²) in [6, 6.07) is 14.5. The molecule has 6 rings (SSSR count). The number of nitrogens with zero attached hydrogens (tertiary/aromatic N) is 4. The van der Waals surface area contributed by atoms with Gasteiger partial charge in [0, 0.05) is 52.9 Å². The van der Waals surface area contributed by atoms with Crippen LogP contribution in [0, 0.1) is 6.92 Å². The van der Waals surface area contributed by atoms with Crippen LogP contribution in [0.4, 0.5) is 0 Å². The number of benzene rings is 1. The van der Waals surface area contributed by atoms with Crippen molar-refractivity contribution in [3.63, 3.8) is 0 Å². The molecule has 6 nitrogen and oxygen atoms in total. The molecule has 31 heavy (non-hydrogen) atoms. The maximum Gasteiger partial charge on any atom is 0.116 e. The first-order valence-electron chi connectivity index (χ1n) is 10.0. The van der Waals surface area contributed by atoms with Gasteiger partial charge in [0.2, 0.25) is 0 Å². The minimum Gasteiger partial charge on any atom is -0.352 e. The van der Waals surface area contributed by atoms with Crippen molar-refractivity contribution in [2.75, 3.05) is 0 Å². The van der Waals surface area contributed by atoms with Crippen LogP contribution in [0.15, 0.2) is 79.6 Å². The van der Waals surface area contributed by atoms with Crippen LogP contribution in [0.3, 0.4) is 0 Å². The largest absolute Gasteiger partial charge is 0.352 e. The maximum atomic E-state index is 4.62. The summed E-state index contributed by atoms with van der Waals surface area (Å²) >= 11 is 0. The van der Waals surface area contributed by atoms with Crippen molar-refractivity contribution in [1.29, 1.82) is 0 Å². The van der Waals surface area contributed by atoms with Crippen LogP contribution < -0.4 is 0 Å². The number of pyridine rings is 3. The van der Waals surface area contributed by atoms with Gasteiger partial charge in [0.15, 0.2) is 0 Å². The predicted octanol–water partition coefficient (Wildman–Crippen LogP) is 5.54. The first-order valence-corrected chi connectivity index (χ1v) is 10.0. The van der Waals surface area contributed by atoms with Gasteiger partial charge in [0.25, 0.3) is 0 Å². The summed E-state index contributed by atoms with van der Waals surface area (Å²) in [6.45, 7) is 2.10. The van der Waals surface area contributed by atoms with Gasteiger partial charge in [-0.05, 0) is 60.0 Å². The lowest BCUT2D eigenvalue weighted by molar-refractivity contribution is 1.12. The van der Waals surface area contributed by atoms with E-state index in [-0.39, 0.29) is 0 Å². The Hall–Kier alpha value is -4.32. The molecule has 0 radical (unpaired) electrons. The number of aryl methyl sites for hydroxylation is 1. The van der Waals surface area contributed by atoms with E-state index in [4.69, 9.17) is 0 Å². The third-order valence-electron chi connectivity index (χ3n) is 5.70.